The number of nitriles is 1. The number of amidine groups is 1. The number of hydrogen-bond acceptors (Lipinski definition) is 8. The Hall–Kier alpha value is -3.71. The number of imide groups is 1. The van der Waals surface area contributed by atoms with E-state index in [1.807, 2.05) is 12.1 Å². The molecular weight excluding hydrogens is 555 g/mol. The third-order valence-corrected chi connectivity index (χ3v) is 8.53. The molecule has 0 N–H and O–H groups in total. The highest BCUT2D eigenvalue weighted by molar-refractivity contribution is 8.14. The van der Waals surface area contributed by atoms with Crippen molar-refractivity contribution in [1.82, 2.24) is 9.88 Å². The normalized spacial score (nSPS) is 22.2. The molecule has 2 heterocycles. The summed E-state index contributed by atoms with van der Waals surface area (Å²) >= 11 is 1.28. The largest absolute Gasteiger partial charge is 0.443 e. The standard InChI is InChI=1S/C32H37FN4O4S/c1-29(2,3)40-27(38)37(28(39)41-30(4,5)6)26-36-32(16-8-15-31(32,7)20-42-26)24-17-21(11-14-25(24)33)9-12-23-13-10-22(18-34)19-35-23/h9-14,17,19H,8,15-16,20H2,1-7H3/b12-9+. The molecule has 222 valence electrons. The van der Waals surface area contributed by atoms with E-state index in [1.54, 1.807) is 71.9 Å². The first kappa shape index (κ1) is 31.2. The van der Waals surface area contributed by atoms with Gasteiger partial charge < -0.3 is 9.47 Å². The summed E-state index contributed by atoms with van der Waals surface area (Å²) in [7, 11) is 0. The molecule has 42 heavy (non-hydrogen) atoms. The van der Waals surface area contributed by atoms with E-state index in [2.05, 4.69) is 11.9 Å². The Balaban J connectivity index is 1.79. The average molecular weight is 593 g/mol. The topological polar surface area (TPSA) is 105 Å². The predicted octanol–water partition coefficient (Wildman–Crippen LogP) is 7.92. The number of halogens is 1. The summed E-state index contributed by atoms with van der Waals surface area (Å²) in [4.78, 5) is 36.9. The molecule has 1 aromatic carbocycles. The second-order valence-electron chi connectivity index (χ2n) is 12.9. The smallest absolute Gasteiger partial charge is 0.426 e. The van der Waals surface area contributed by atoms with Crippen molar-refractivity contribution >= 4 is 41.3 Å². The third kappa shape index (κ3) is 6.67. The summed E-state index contributed by atoms with van der Waals surface area (Å²) < 4.78 is 26.9. The third-order valence-electron chi connectivity index (χ3n) is 7.21. The highest BCUT2D eigenvalue weighted by Gasteiger charge is 2.57. The zero-order valence-electron chi connectivity index (χ0n) is 25.2. The maximum absolute atomic E-state index is 15.8. The number of rotatable bonds is 3. The van der Waals surface area contributed by atoms with Crippen LogP contribution >= 0.6 is 11.8 Å². The van der Waals surface area contributed by atoms with Crippen molar-refractivity contribution in [3.63, 3.8) is 0 Å². The van der Waals surface area contributed by atoms with Crippen LogP contribution in [0.1, 0.15) is 90.1 Å². The average Bonchev–Trinajstić information content (AvgIpc) is 3.23. The Morgan fingerprint density at radius 1 is 1.05 bits per heavy atom. The maximum Gasteiger partial charge on any atom is 0.426 e. The molecule has 1 aliphatic heterocycles. The fraction of sp³-hybridized carbons (Fsp3) is 0.469. The van der Waals surface area contributed by atoms with Crippen molar-refractivity contribution in [1.29, 1.82) is 5.26 Å². The lowest BCUT2D eigenvalue weighted by Gasteiger charge is -2.45. The van der Waals surface area contributed by atoms with E-state index in [0.29, 0.717) is 29.0 Å². The molecule has 1 fully saturated rings. The van der Waals surface area contributed by atoms with Crippen molar-refractivity contribution in [3.8, 4) is 6.07 Å². The van der Waals surface area contributed by atoms with Crippen LogP contribution in [0.2, 0.25) is 0 Å². The van der Waals surface area contributed by atoms with Crippen LogP contribution in [-0.4, -0.2) is 44.2 Å². The van der Waals surface area contributed by atoms with E-state index in [-0.39, 0.29) is 5.17 Å². The minimum atomic E-state index is -1.02. The molecular formula is C32H37FN4O4S. The van der Waals surface area contributed by atoms with Gasteiger partial charge in [-0.05, 0) is 96.7 Å². The number of carbonyl (C=O) groups excluding carboxylic acids is 2. The van der Waals surface area contributed by atoms with Gasteiger partial charge in [-0.3, -0.25) is 4.98 Å². The SMILES string of the molecule is CC(C)(C)OC(=O)N(C(=O)OC(C)(C)C)C1=NC2(c3cc(/C=C/c4ccc(C#N)cn4)ccc3F)CCCC2(C)CS1. The van der Waals surface area contributed by atoms with Crippen molar-refractivity contribution < 1.29 is 23.5 Å². The number of thioether (sulfide) groups is 1. The van der Waals surface area contributed by atoms with Gasteiger partial charge in [0.1, 0.15) is 23.1 Å². The lowest BCUT2D eigenvalue weighted by Crippen LogP contribution is -2.51. The fourth-order valence-corrected chi connectivity index (χ4v) is 6.57. The molecule has 0 spiro atoms. The van der Waals surface area contributed by atoms with Gasteiger partial charge in [0.15, 0.2) is 5.17 Å². The van der Waals surface area contributed by atoms with Crippen LogP contribution in [0.15, 0.2) is 41.5 Å². The van der Waals surface area contributed by atoms with Crippen LogP contribution in [-0.2, 0) is 15.0 Å². The van der Waals surface area contributed by atoms with Crippen LogP contribution in [0.5, 0.6) is 0 Å². The highest BCUT2D eigenvalue weighted by atomic mass is 32.2. The van der Waals surface area contributed by atoms with Gasteiger partial charge in [-0.15, -0.1) is 0 Å². The first-order chi connectivity index (χ1) is 19.6. The van der Waals surface area contributed by atoms with Gasteiger partial charge in [0.2, 0.25) is 0 Å². The van der Waals surface area contributed by atoms with Crippen LogP contribution < -0.4 is 0 Å². The van der Waals surface area contributed by atoms with E-state index in [1.165, 1.54) is 24.0 Å². The Kier molecular flexibility index (Phi) is 8.57. The van der Waals surface area contributed by atoms with Gasteiger partial charge in [0.05, 0.1) is 16.8 Å². The van der Waals surface area contributed by atoms with E-state index in [4.69, 9.17) is 19.7 Å². The first-order valence-corrected chi connectivity index (χ1v) is 14.9. The maximum atomic E-state index is 15.8. The molecule has 2 aliphatic rings. The second kappa shape index (κ2) is 11.5. The number of benzene rings is 1. The van der Waals surface area contributed by atoms with Crippen LogP contribution in [0.3, 0.4) is 0 Å². The van der Waals surface area contributed by atoms with Crippen molar-refractivity contribution in [2.75, 3.05) is 5.75 Å². The van der Waals surface area contributed by atoms with Crippen LogP contribution in [0.25, 0.3) is 12.2 Å². The number of amides is 2. The Morgan fingerprint density at radius 3 is 2.29 bits per heavy atom. The Bertz CT molecular complexity index is 1440. The molecule has 2 amide bonds. The van der Waals surface area contributed by atoms with Crippen molar-refractivity contribution in [2.24, 2.45) is 10.4 Å². The molecule has 1 saturated carbocycles. The number of pyridine rings is 1. The second-order valence-corrected chi connectivity index (χ2v) is 13.9. The molecule has 0 bridgehead atoms. The molecule has 2 atom stereocenters. The molecule has 4 rings (SSSR count). The number of nitrogens with zero attached hydrogens (tertiary/aromatic N) is 4. The van der Waals surface area contributed by atoms with Gasteiger partial charge >= 0.3 is 12.2 Å². The summed E-state index contributed by atoms with van der Waals surface area (Å²) in [6.07, 6.45) is 5.49. The molecule has 0 radical (unpaired) electrons. The van der Waals surface area contributed by atoms with Gasteiger partial charge in [0.25, 0.3) is 0 Å². The first-order valence-electron chi connectivity index (χ1n) is 13.9. The molecule has 8 nitrogen and oxygen atoms in total. The number of fused-ring (bicyclic) bond motifs is 1. The molecule has 2 unspecified atom stereocenters. The zero-order chi connectivity index (χ0) is 30.9. The summed E-state index contributed by atoms with van der Waals surface area (Å²) in [6, 6.07) is 10.3. The van der Waals surface area contributed by atoms with Crippen LogP contribution in [0, 0.1) is 22.6 Å². The zero-order valence-corrected chi connectivity index (χ0v) is 26.0. The van der Waals surface area contributed by atoms with E-state index in [9.17, 15) is 9.59 Å². The Morgan fingerprint density at radius 2 is 1.71 bits per heavy atom. The molecule has 0 saturated heterocycles. The molecule has 1 aliphatic carbocycles. The Labute approximate surface area is 251 Å². The summed E-state index contributed by atoms with van der Waals surface area (Å²) in [5.41, 5.74) is -0.908. The predicted molar refractivity (Wildman–Crippen MR) is 162 cm³/mol. The summed E-state index contributed by atoms with van der Waals surface area (Å²) in [5.74, 6) is 0.107. The molecule has 10 heteroatoms. The minimum Gasteiger partial charge on any atom is -0.443 e. The number of aliphatic imine (C=N–C) groups is 1. The summed E-state index contributed by atoms with van der Waals surface area (Å²) in [5, 5.41) is 9.14. The molecule has 1 aromatic heterocycles. The van der Waals surface area contributed by atoms with E-state index in [0.717, 1.165) is 23.3 Å². The lowest BCUT2D eigenvalue weighted by atomic mass is 9.70. The van der Waals surface area contributed by atoms with Gasteiger partial charge in [-0.25, -0.2) is 19.0 Å². The number of carbonyl (C=O) groups is 2. The minimum absolute atomic E-state index is 0.125. The number of hydrogen-bond donors (Lipinski definition) is 0. The van der Waals surface area contributed by atoms with E-state index < -0.39 is 40.2 Å². The lowest BCUT2D eigenvalue weighted by molar-refractivity contribution is 0.0149. The van der Waals surface area contributed by atoms with Gasteiger partial charge in [0, 0.05) is 22.9 Å². The quantitative estimate of drug-likeness (QED) is 0.356. The summed E-state index contributed by atoms with van der Waals surface area (Å²) in [6.45, 7) is 12.4. The van der Waals surface area contributed by atoms with Gasteiger partial charge in [-0.2, -0.15) is 10.2 Å². The highest BCUT2D eigenvalue weighted by Crippen LogP contribution is 2.60. The fourth-order valence-electron chi connectivity index (χ4n) is 5.24. The van der Waals surface area contributed by atoms with Crippen molar-refractivity contribution in [2.45, 2.75) is 84.5 Å². The number of aromatic nitrogens is 1. The monoisotopic (exact) mass is 592 g/mol. The van der Waals surface area contributed by atoms with Crippen molar-refractivity contribution in [3.05, 3.63) is 64.7 Å². The van der Waals surface area contributed by atoms with Gasteiger partial charge in [-0.1, -0.05) is 30.8 Å². The molecule has 2 aromatic rings. The van der Waals surface area contributed by atoms with Crippen LogP contribution in [0.4, 0.5) is 14.0 Å². The number of ether oxygens (including phenoxy) is 2. The van der Waals surface area contributed by atoms with E-state index >= 15 is 4.39 Å².